The zero-order valence-corrected chi connectivity index (χ0v) is 30.7. The van der Waals surface area contributed by atoms with Crippen molar-refractivity contribution in [3.63, 3.8) is 0 Å². The first kappa shape index (κ1) is 37.0. The normalized spacial score (nSPS) is 12.3. The van der Waals surface area contributed by atoms with Crippen LogP contribution in [0.15, 0.2) is 168 Å². The third kappa shape index (κ3) is 7.54. The van der Waals surface area contributed by atoms with E-state index in [1.165, 1.54) is 12.1 Å². The molecule has 6 aromatic carbocycles. The number of benzene rings is 6. The van der Waals surface area contributed by atoms with Crippen molar-refractivity contribution in [1.82, 2.24) is 0 Å². The second-order valence-electron chi connectivity index (χ2n) is 11.5. The lowest BCUT2D eigenvalue weighted by molar-refractivity contribution is 0.219. The molecule has 0 atom stereocenters. The van der Waals surface area contributed by atoms with Gasteiger partial charge in [0.05, 0.1) is 20.4 Å². The fourth-order valence-corrected chi connectivity index (χ4v) is 12.6. The molecule has 10 nitrogen and oxygen atoms in total. The summed E-state index contributed by atoms with van der Waals surface area (Å²) >= 11 is 0. The van der Waals surface area contributed by atoms with Crippen LogP contribution < -0.4 is 41.3 Å². The van der Waals surface area contributed by atoms with Crippen LogP contribution >= 0.6 is 14.3 Å². The van der Waals surface area contributed by atoms with Gasteiger partial charge in [-0.3, -0.25) is 9.11 Å². The molecule has 0 aliphatic carbocycles. The Bertz CT molecular complexity index is 2250. The van der Waals surface area contributed by atoms with Crippen molar-refractivity contribution < 1.29 is 44.5 Å². The molecule has 0 fully saturated rings. The van der Waals surface area contributed by atoms with E-state index in [2.05, 4.69) is 0 Å². The maximum absolute atomic E-state index is 15.2. The summed E-state index contributed by atoms with van der Waals surface area (Å²) in [5.74, 6) is 0.126. The van der Waals surface area contributed by atoms with E-state index in [1.54, 1.807) is 121 Å². The second kappa shape index (κ2) is 15.0. The minimum Gasteiger partial charge on any atom is -0.489 e. The zero-order chi connectivity index (χ0) is 37.0. The van der Waals surface area contributed by atoms with Crippen LogP contribution in [0, 0.1) is 0 Å². The lowest BCUT2D eigenvalue weighted by atomic mass is 10.3. The van der Waals surface area contributed by atoms with Crippen LogP contribution in [0.4, 0.5) is 0 Å². The van der Waals surface area contributed by atoms with Gasteiger partial charge in [0.15, 0.2) is 14.3 Å². The van der Waals surface area contributed by atoms with Gasteiger partial charge in [0, 0.05) is 21.2 Å². The largest absolute Gasteiger partial charge is 0.489 e. The SMILES string of the molecule is O=P(c1ccccc1)(c1ccccc1)c1cc(S(=O)(=O)O)ccc1OCCOc1ccc(S(=O)(=O)O)cc1P(=O)(c1ccccc1)c1ccccc1. The summed E-state index contributed by atoms with van der Waals surface area (Å²) in [5.41, 5.74) is 0. The molecular formula is C38H32O10P2S2. The van der Waals surface area contributed by atoms with Crippen molar-refractivity contribution in [1.29, 1.82) is 0 Å². The summed E-state index contributed by atoms with van der Waals surface area (Å²) in [4.78, 5) is -0.946. The summed E-state index contributed by atoms with van der Waals surface area (Å²) in [6.07, 6.45) is 0. The predicted octanol–water partition coefficient (Wildman–Crippen LogP) is 4.92. The fraction of sp³-hybridized carbons (Fsp3) is 0.0526. The average Bonchev–Trinajstić information content (AvgIpc) is 3.16. The van der Waals surface area contributed by atoms with Crippen molar-refractivity contribution in [3.05, 3.63) is 158 Å². The topological polar surface area (TPSA) is 161 Å². The van der Waals surface area contributed by atoms with Gasteiger partial charge in [-0.1, -0.05) is 121 Å². The standard InChI is InChI=1S/C38H32O10P2S2/c39-49(29-13-5-1-6-14-29,30-15-7-2-8-16-30)37-27-33(51(41,42)43)21-23-35(37)47-25-26-48-36-24-22-34(52(44,45)46)28-38(36)50(40,31-17-9-3-10-18-31)32-19-11-4-12-20-32/h1-24,27-28H,25-26H2,(H,41,42,43)(H,44,45,46). The van der Waals surface area contributed by atoms with Gasteiger partial charge < -0.3 is 18.6 Å². The summed E-state index contributed by atoms with van der Waals surface area (Å²) in [6, 6.07) is 41.2. The van der Waals surface area contributed by atoms with Gasteiger partial charge in [-0.25, -0.2) is 0 Å². The summed E-state index contributed by atoms with van der Waals surface area (Å²) in [5, 5.41) is 1.64. The maximum Gasteiger partial charge on any atom is 0.294 e. The van der Waals surface area contributed by atoms with Crippen molar-refractivity contribution in [3.8, 4) is 11.5 Å². The summed E-state index contributed by atoms with van der Waals surface area (Å²) < 4.78 is 111. The molecular weight excluding hydrogens is 742 g/mol. The molecule has 6 aromatic rings. The maximum atomic E-state index is 15.2. The molecule has 0 saturated carbocycles. The number of hydrogen-bond donors (Lipinski definition) is 2. The Morgan fingerprint density at radius 3 is 0.942 bits per heavy atom. The van der Waals surface area contributed by atoms with Gasteiger partial charge in [0.25, 0.3) is 20.2 Å². The molecule has 6 rings (SSSR count). The summed E-state index contributed by atoms with van der Waals surface area (Å²) in [7, 11) is -17.0. The lowest BCUT2D eigenvalue weighted by Crippen LogP contribution is -2.28. The molecule has 2 N–H and O–H groups in total. The van der Waals surface area contributed by atoms with E-state index in [0.717, 1.165) is 24.3 Å². The van der Waals surface area contributed by atoms with Gasteiger partial charge in [-0.15, -0.1) is 0 Å². The molecule has 0 bridgehead atoms. The predicted molar refractivity (Wildman–Crippen MR) is 202 cm³/mol. The van der Waals surface area contributed by atoms with E-state index in [-0.39, 0.29) is 35.3 Å². The molecule has 0 saturated heterocycles. The molecule has 0 aliphatic heterocycles. The third-order valence-electron chi connectivity index (χ3n) is 8.21. The first-order chi connectivity index (χ1) is 24.8. The van der Waals surface area contributed by atoms with E-state index in [1.807, 2.05) is 0 Å². The van der Waals surface area contributed by atoms with Crippen molar-refractivity contribution in [2.45, 2.75) is 9.79 Å². The fourth-order valence-electron chi connectivity index (χ4n) is 5.76. The number of ether oxygens (including phenoxy) is 2. The van der Waals surface area contributed by atoms with Gasteiger partial charge >= 0.3 is 0 Å². The third-order valence-corrected chi connectivity index (χ3v) is 16.1. The molecule has 0 aliphatic rings. The highest BCUT2D eigenvalue weighted by Crippen LogP contribution is 2.47. The first-order valence-electron chi connectivity index (χ1n) is 15.8. The van der Waals surface area contributed by atoms with Crippen LogP contribution in [0.3, 0.4) is 0 Å². The van der Waals surface area contributed by atoms with E-state index in [0.29, 0.717) is 21.2 Å². The highest BCUT2D eigenvalue weighted by atomic mass is 32.2. The Hall–Kier alpha value is -4.80. The average molecular weight is 775 g/mol. The second-order valence-corrected chi connectivity index (χ2v) is 19.8. The highest BCUT2D eigenvalue weighted by Gasteiger charge is 2.35. The van der Waals surface area contributed by atoms with E-state index in [9.17, 15) is 25.9 Å². The molecule has 266 valence electrons. The molecule has 52 heavy (non-hydrogen) atoms. The molecule has 0 aromatic heterocycles. The smallest absolute Gasteiger partial charge is 0.294 e. The Kier molecular flexibility index (Phi) is 10.7. The molecule has 14 heteroatoms. The molecule has 0 radical (unpaired) electrons. The van der Waals surface area contributed by atoms with Gasteiger partial charge in [0.1, 0.15) is 24.7 Å². The van der Waals surface area contributed by atoms with Crippen molar-refractivity contribution >= 4 is 66.3 Å². The van der Waals surface area contributed by atoms with Crippen molar-refractivity contribution in [2.75, 3.05) is 13.2 Å². The van der Waals surface area contributed by atoms with Crippen LogP contribution in [0.1, 0.15) is 0 Å². The summed E-state index contributed by atoms with van der Waals surface area (Å²) in [6.45, 7) is -0.384. The number of hydrogen-bond acceptors (Lipinski definition) is 8. The van der Waals surface area contributed by atoms with Gasteiger partial charge in [-0.2, -0.15) is 16.8 Å². The molecule has 0 amide bonds. The zero-order valence-electron chi connectivity index (χ0n) is 27.3. The lowest BCUT2D eigenvalue weighted by Gasteiger charge is -2.24. The van der Waals surface area contributed by atoms with E-state index in [4.69, 9.17) is 9.47 Å². The quantitative estimate of drug-likeness (QED) is 0.0937. The Balaban J connectivity index is 1.39. The van der Waals surface area contributed by atoms with Crippen LogP contribution in [-0.2, 0) is 29.4 Å². The van der Waals surface area contributed by atoms with Gasteiger partial charge in [0.2, 0.25) is 0 Å². The first-order valence-corrected chi connectivity index (χ1v) is 22.0. The van der Waals surface area contributed by atoms with E-state index < -0.39 is 44.3 Å². The van der Waals surface area contributed by atoms with Crippen LogP contribution in [0.2, 0.25) is 0 Å². The number of rotatable bonds is 13. The highest BCUT2D eigenvalue weighted by molar-refractivity contribution is 7.87. The van der Waals surface area contributed by atoms with E-state index >= 15 is 9.13 Å². The minimum atomic E-state index is -4.70. The Morgan fingerprint density at radius 2 is 0.692 bits per heavy atom. The van der Waals surface area contributed by atoms with Gasteiger partial charge in [-0.05, 0) is 36.4 Å². The van der Waals surface area contributed by atoms with Crippen LogP contribution in [0.25, 0.3) is 0 Å². The minimum absolute atomic E-state index is 0.0240. The molecule has 0 spiro atoms. The Morgan fingerprint density at radius 1 is 0.423 bits per heavy atom. The monoisotopic (exact) mass is 774 g/mol. The molecule has 0 heterocycles. The Labute approximate surface area is 302 Å². The molecule has 0 unspecified atom stereocenters. The van der Waals surface area contributed by atoms with Crippen LogP contribution in [0.5, 0.6) is 11.5 Å². The van der Waals surface area contributed by atoms with Crippen LogP contribution in [-0.4, -0.2) is 39.2 Å². The van der Waals surface area contributed by atoms with Crippen molar-refractivity contribution in [2.24, 2.45) is 0 Å².